The molecule has 0 bridgehead atoms. The van der Waals surface area contributed by atoms with Crippen LogP contribution < -0.4 is 5.32 Å². The van der Waals surface area contributed by atoms with E-state index < -0.39 is 0 Å². The molecule has 4 rings (SSSR count). The van der Waals surface area contributed by atoms with E-state index in [1.54, 1.807) is 6.20 Å². The van der Waals surface area contributed by atoms with Crippen LogP contribution >= 0.6 is 11.8 Å². The van der Waals surface area contributed by atoms with Crippen molar-refractivity contribution < 1.29 is 9.32 Å². The minimum atomic E-state index is 0.00110. The molecule has 2 saturated carbocycles. The highest BCUT2D eigenvalue weighted by Crippen LogP contribution is 2.40. The molecule has 2 aromatic heterocycles. The van der Waals surface area contributed by atoms with Gasteiger partial charge in [0.15, 0.2) is 0 Å². The Labute approximate surface area is 164 Å². The second kappa shape index (κ2) is 8.46. The summed E-state index contributed by atoms with van der Waals surface area (Å²) in [5.74, 6) is 3.13. The van der Waals surface area contributed by atoms with Crippen LogP contribution in [-0.2, 0) is 5.75 Å². The van der Waals surface area contributed by atoms with Crippen LogP contribution in [0.4, 0.5) is 0 Å². The van der Waals surface area contributed by atoms with E-state index in [1.807, 2.05) is 25.1 Å². The Kier molecular flexibility index (Phi) is 5.81. The number of carbonyl (C=O) groups is 1. The SMILES string of the molecule is Cc1cc(CSc2ncccc2C(=O)N[C@@H]2CC[C@H]3CCCC[C@H]3C2)no1. The van der Waals surface area contributed by atoms with Crippen molar-refractivity contribution in [3.63, 3.8) is 0 Å². The Morgan fingerprint density at radius 3 is 2.93 bits per heavy atom. The molecule has 2 aliphatic carbocycles. The molecule has 0 unspecified atom stereocenters. The Hall–Kier alpha value is -1.82. The zero-order chi connectivity index (χ0) is 18.6. The topological polar surface area (TPSA) is 68.0 Å². The van der Waals surface area contributed by atoms with Crippen molar-refractivity contribution in [1.29, 1.82) is 0 Å². The largest absolute Gasteiger partial charge is 0.361 e. The van der Waals surface area contributed by atoms with E-state index in [-0.39, 0.29) is 5.91 Å². The lowest BCUT2D eigenvalue weighted by Crippen LogP contribution is -2.41. The number of fused-ring (bicyclic) bond motifs is 1. The molecule has 6 heteroatoms. The van der Waals surface area contributed by atoms with Gasteiger partial charge in [-0.1, -0.05) is 42.6 Å². The molecule has 2 fully saturated rings. The average Bonchev–Trinajstić information content (AvgIpc) is 3.11. The summed E-state index contributed by atoms with van der Waals surface area (Å²) in [6, 6.07) is 5.91. The maximum Gasteiger partial charge on any atom is 0.254 e. The smallest absolute Gasteiger partial charge is 0.254 e. The van der Waals surface area contributed by atoms with Gasteiger partial charge in [0.1, 0.15) is 10.8 Å². The van der Waals surface area contributed by atoms with Crippen molar-refractivity contribution in [2.24, 2.45) is 11.8 Å². The predicted octanol–water partition coefficient (Wildman–Crippen LogP) is 4.76. The fourth-order valence-corrected chi connectivity index (χ4v) is 5.45. The zero-order valence-electron chi connectivity index (χ0n) is 15.8. The number of hydrogen-bond acceptors (Lipinski definition) is 5. The van der Waals surface area contributed by atoms with Gasteiger partial charge in [0, 0.05) is 24.1 Å². The first-order chi connectivity index (χ1) is 13.2. The van der Waals surface area contributed by atoms with Gasteiger partial charge >= 0.3 is 0 Å². The predicted molar refractivity (Wildman–Crippen MR) is 106 cm³/mol. The number of nitrogens with one attached hydrogen (secondary N) is 1. The standard InChI is InChI=1S/C21H27N3O2S/c1-14-11-18(24-26-14)13-27-21-19(7-4-10-22-21)20(25)23-17-9-8-15-5-2-3-6-16(15)12-17/h4,7,10-11,15-17H,2-3,5-6,8-9,12-13H2,1H3,(H,23,25)/t15-,16+,17-/m1/s1. The van der Waals surface area contributed by atoms with Crippen molar-refractivity contribution >= 4 is 17.7 Å². The number of thioether (sulfide) groups is 1. The first kappa shape index (κ1) is 18.5. The van der Waals surface area contributed by atoms with Crippen LogP contribution in [0.15, 0.2) is 33.9 Å². The van der Waals surface area contributed by atoms with E-state index >= 15 is 0 Å². The van der Waals surface area contributed by atoms with Gasteiger partial charge in [0.25, 0.3) is 5.91 Å². The zero-order valence-corrected chi connectivity index (χ0v) is 16.6. The molecule has 3 atom stereocenters. The van der Waals surface area contributed by atoms with Gasteiger partial charge in [0.05, 0.1) is 11.3 Å². The highest BCUT2D eigenvalue weighted by atomic mass is 32.2. The second-order valence-corrected chi connectivity index (χ2v) is 8.83. The Bertz CT molecular complexity index is 791. The number of rotatable bonds is 5. The average molecular weight is 386 g/mol. The summed E-state index contributed by atoms with van der Waals surface area (Å²) >= 11 is 1.53. The molecular weight excluding hydrogens is 358 g/mol. The van der Waals surface area contributed by atoms with Crippen LogP contribution in [0.1, 0.15) is 66.8 Å². The van der Waals surface area contributed by atoms with E-state index in [9.17, 15) is 4.79 Å². The molecule has 0 aliphatic heterocycles. The molecule has 0 aromatic carbocycles. The Morgan fingerprint density at radius 1 is 1.26 bits per heavy atom. The van der Waals surface area contributed by atoms with Crippen LogP contribution in [0.3, 0.4) is 0 Å². The quantitative estimate of drug-likeness (QED) is 0.752. The lowest BCUT2D eigenvalue weighted by Gasteiger charge is -2.39. The lowest BCUT2D eigenvalue weighted by atomic mass is 9.69. The van der Waals surface area contributed by atoms with E-state index in [0.717, 1.165) is 41.2 Å². The highest BCUT2D eigenvalue weighted by Gasteiger charge is 2.33. The molecule has 144 valence electrons. The maximum absolute atomic E-state index is 12.9. The number of aryl methyl sites for hydroxylation is 1. The van der Waals surface area contributed by atoms with Crippen molar-refractivity contribution in [3.8, 4) is 0 Å². The summed E-state index contributed by atoms with van der Waals surface area (Å²) in [4.78, 5) is 17.3. The van der Waals surface area contributed by atoms with Gasteiger partial charge in [-0.15, -0.1) is 0 Å². The first-order valence-electron chi connectivity index (χ1n) is 10.00. The van der Waals surface area contributed by atoms with Crippen molar-refractivity contribution in [3.05, 3.63) is 41.4 Å². The third-order valence-electron chi connectivity index (χ3n) is 5.92. The fourth-order valence-electron chi connectivity index (χ4n) is 4.57. The minimum absolute atomic E-state index is 0.00110. The molecule has 0 saturated heterocycles. The molecular formula is C21H27N3O2S. The van der Waals surface area contributed by atoms with Crippen molar-refractivity contribution in [2.45, 2.75) is 68.7 Å². The molecule has 27 heavy (non-hydrogen) atoms. The number of pyridine rings is 1. The van der Waals surface area contributed by atoms with Crippen molar-refractivity contribution in [2.75, 3.05) is 0 Å². The third-order valence-corrected chi connectivity index (χ3v) is 6.96. The fraction of sp³-hybridized carbons (Fsp3) is 0.571. The van der Waals surface area contributed by atoms with E-state index in [4.69, 9.17) is 4.52 Å². The van der Waals surface area contributed by atoms with Crippen LogP contribution in [-0.4, -0.2) is 22.1 Å². The summed E-state index contributed by atoms with van der Waals surface area (Å²) in [5.41, 5.74) is 1.53. The highest BCUT2D eigenvalue weighted by molar-refractivity contribution is 7.98. The molecule has 0 spiro atoms. The van der Waals surface area contributed by atoms with Gasteiger partial charge < -0.3 is 9.84 Å². The number of nitrogens with zero attached hydrogens (tertiary/aromatic N) is 2. The van der Waals surface area contributed by atoms with Crippen LogP contribution in [0, 0.1) is 18.8 Å². The van der Waals surface area contributed by atoms with Crippen LogP contribution in [0.2, 0.25) is 0 Å². The number of carbonyl (C=O) groups excluding carboxylic acids is 1. The Balaban J connectivity index is 1.38. The van der Waals surface area contributed by atoms with E-state index in [0.29, 0.717) is 17.4 Å². The first-order valence-corrected chi connectivity index (χ1v) is 11.0. The van der Waals surface area contributed by atoms with Crippen molar-refractivity contribution in [1.82, 2.24) is 15.5 Å². The molecule has 2 heterocycles. The van der Waals surface area contributed by atoms with Gasteiger partial charge in [-0.3, -0.25) is 4.79 Å². The molecule has 0 radical (unpaired) electrons. The van der Waals surface area contributed by atoms with Crippen LogP contribution in [0.25, 0.3) is 0 Å². The van der Waals surface area contributed by atoms with E-state index in [2.05, 4.69) is 15.5 Å². The summed E-state index contributed by atoms with van der Waals surface area (Å²) in [5, 5.41) is 8.05. The monoisotopic (exact) mass is 385 g/mol. The minimum Gasteiger partial charge on any atom is -0.361 e. The summed E-state index contributed by atoms with van der Waals surface area (Å²) in [6.07, 6.45) is 10.7. The Morgan fingerprint density at radius 2 is 2.11 bits per heavy atom. The molecule has 1 amide bonds. The molecule has 2 aliphatic rings. The third kappa shape index (κ3) is 4.54. The molecule has 5 nitrogen and oxygen atoms in total. The maximum atomic E-state index is 12.9. The lowest BCUT2D eigenvalue weighted by molar-refractivity contribution is 0.0876. The van der Waals surface area contributed by atoms with Gasteiger partial charge in [-0.05, 0) is 50.2 Å². The summed E-state index contributed by atoms with van der Waals surface area (Å²) in [6.45, 7) is 1.88. The molecule has 1 N–H and O–H groups in total. The summed E-state index contributed by atoms with van der Waals surface area (Å²) in [7, 11) is 0. The number of amides is 1. The van der Waals surface area contributed by atoms with Gasteiger partial charge in [-0.25, -0.2) is 4.98 Å². The van der Waals surface area contributed by atoms with E-state index in [1.165, 1.54) is 43.9 Å². The molecule has 2 aromatic rings. The van der Waals surface area contributed by atoms with Gasteiger partial charge in [0.2, 0.25) is 0 Å². The number of hydrogen-bond donors (Lipinski definition) is 1. The summed E-state index contributed by atoms with van der Waals surface area (Å²) < 4.78 is 5.11. The van der Waals surface area contributed by atoms with Gasteiger partial charge in [-0.2, -0.15) is 0 Å². The number of aromatic nitrogens is 2. The van der Waals surface area contributed by atoms with Crippen LogP contribution in [0.5, 0.6) is 0 Å². The normalized spacial score (nSPS) is 25.0. The second-order valence-electron chi connectivity index (χ2n) is 7.86.